The normalized spacial score (nSPS) is 45.1. The highest BCUT2D eigenvalue weighted by Crippen LogP contribution is 2.40. The molecule has 2 N–H and O–H groups in total. The number of rotatable bonds is 4. The van der Waals surface area contributed by atoms with Crippen LogP contribution in [0.5, 0.6) is 0 Å². The Morgan fingerprint density at radius 1 is 1.25 bits per heavy atom. The van der Waals surface area contributed by atoms with Gasteiger partial charge in [-0.05, 0) is 25.2 Å². The second-order valence-electron chi connectivity index (χ2n) is 6.10. The molecule has 0 radical (unpaired) electrons. The van der Waals surface area contributed by atoms with Crippen LogP contribution in [0.3, 0.4) is 0 Å². The second kappa shape index (κ2) is 6.12. The molecular weight excluding hydrogens is 260 g/mol. The van der Waals surface area contributed by atoms with Gasteiger partial charge in [0.1, 0.15) is 11.7 Å². The minimum absolute atomic E-state index is 0.0766. The predicted molar refractivity (Wildman–Crippen MR) is 72.4 cm³/mol. The van der Waals surface area contributed by atoms with Crippen molar-refractivity contribution in [2.45, 2.75) is 49.6 Å². The fourth-order valence-electron chi connectivity index (χ4n) is 3.13. The SMILES string of the molecule is OCC1CCO[C@H](/C=C/C[C@H]2OCC[C@@]3(CO3)[C@@H]2O)C1. The van der Waals surface area contributed by atoms with Crippen molar-refractivity contribution in [3.8, 4) is 0 Å². The zero-order valence-corrected chi connectivity index (χ0v) is 11.7. The summed E-state index contributed by atoms with van der Waals surface area (Å²) in [5.41, 5.74) is -0.319. The summed E-state index contributed by atoms with van der Waals surface area (Å²) in [6.07, 6.45) is 6.70. The van der Waals surface area contributed by atoms with E-state index in [1.807, 2.05) is 12.2 Å². The third-order valence-electron chi connectivity index (χ3n) is 4.66. The number of aliphatic hydroxyl groups excluding tert-OH is 2. The van der Waals surface area contributed by atoms with Crippen LogP contribution in [0.4, 0.5) is 0 Å². The molecule has 1 unspecified atom stereocenters. The van der Waals surface area contributed by atoms with Crippen LogP contribution in [0.1, 0.15) is 25.7 Å². The van der Waals surface area contributed by atoms with Crippen molar-refractivity contribution >= 4 is 0 Å². The minimum Gasteiger partial charge on any atom is -0.396 e. The molecule has 0 bridgehead atoms. The van der Waals surface area contributed by atoms with Gasteiger partial charge in [-0.15, -0.1) is 0 Å². The van der Waals surface area contributed by atoms with E-state index in [2.05, 4.69) is 0 Å². The lowest BCUT2D eigenvalue weighted by Gasteiger charge is -2.32. The van der Waals surface area contributed by atoms with E-state index in [0.717, 1.165) is 19.3 Å². The molecule has 0 aromatic heterocycles. The Bertz CT molecular complexity index is 352. The largest absolute Gasteiger partial charge is 0.396 e. The highest BCUT2D eigenvalue weighted by molar-refractivity contribution is 5.06. The predicted octanol–water partition coefficient (Wildman–Crippen LogP) is 0.639. The standard InChI is InChI=1S/C15H24O5/c16-9-11-4-6-18-12(8-11)2-1-3-13-14(17)15(10-20-15)5-7-19-13/h1-2,11-14,16-17H,3-10H2/b2-1+/t11?,12-,13-,14-,15-/m1/s1. The number of epoxide rings is 1. The fourth-order valence-corrected chi connectivity index (χ4v) is 3.13. The van der Waals surface area contributed by atoms with E-state index < -0.39 is 6.10 Å². The average Bonchev–Trinajstić information content (AvgIpc) is 3.25. The molecule has 3 rings (SSSR count). The highest BCUT2D eigenvalue weighted by Gasteiger charge is 2.55. The summed E-state index contributed by atoms with van der Waals surface area (Å²) in [7, 11) is 0. The number of hydrogen-bond donors (Lipinski definition) is 2. The van der Waals surface area contributed by atoms with Crippen molar-refractivity contribution in [2.24, 2.45) is 5.92 Å². The summed E-state index contributed by atoms with van der Waals surface area (Å²) in [4.78, 5) is 0. The van der Waals surface area contributed by atoms with Crippen molar-refractivity contribution in [1.82, 2.24) is 0 Å². The molecule has 5 heteroatoms. The molecule has 0 aromatic carbocycles. The Morgan fingerprint density at radius 2 is 2.10 bits per heavy atom. The number of aliphatic hydroxyl groups is 2. The van der Waals surface area contributed by atoms with E-state index in [1.165, 1.54) is 0 Å². The Kier molecular flexibility index (Phi) is 4.43. The van der Waals surface area contributed by atoms with Gasteiger partial charge in [-0.1, -0.05) is 12.2 Å². The molecule has 20 heavy (non-hydrogen) atoms. The Morgan fingerprint density at radius 3 is 2.85 bits per heavy atom. The summed E-state index contributed by atoms with van der Waals surface area (Å²) in [6, 6.07) is 0. The van der Waals surface area contributed by atoms with Gasteiger partial charge in [0.2, 0.25) is 0 Å². The molecule has 3 aliphatic heterocycles. The fraction of sp³-hybridized carbons (Fsp3) is 0.867. The first-order chi connectivity index (χ1) is 9.73. The van der Waals surface area contributed by atoms with Crippen LogP contribution >= 0.6 is 0 Å². The van der Waals surface area contributed by atoms with Gasteiger partial charge < -0.3 is 24.4 Å². The van der Waals surface area contributed by atoms with Gasteiger partial charge in [-0.25, -0.2) is 0 Å². The lowest BCUT2D eigenvalue weighted by molar-refractivity contribution is -0.112. The third kappa shape index (κ3) is 3.07. The summed E-state index contributed by atoms with van der Waals surface area (Å²) >= 11 is 0. The van der Waals surface area contributed by atoms with Gasteiger partial charge in [0.05, 0.1) is 25.4 Å². The van der Waals surface area contributed by atoms with Crippen LogP contribution in [0.15, 0.2) is 12.2 Å². The molecule has 0 aliphatic carbocycles. The number of hydrogen-bond acceptors (Lipinski definition) is 5. The lowest BCUT2D eigenvalue weighted by Crippen LogP contribution is -2.46. The van der Waals surface area contributed by atoms with Crippen LogP contribution in [0.25, 0.3) is 0 Å². The monoisotopic (exact) mass is 284 g/mol. The molecular formula is C15H24O5. The first-order valence-electron chi connectivity index (χ1n) is 7.56. The van der Waals surface area contributed by atoms with Crippen molar-refractivity contribution in [2.75, 3.05) is 26.4 Å². The third-order valence-corrected chi connectivity index (χ3v) is 4.66. The first-order valence-corrected chi connectivity index (χ1v) is 7.56. The van der Waals surface area contributed by atoms with Crippen LogP contribution in [-0.2, 0) is 14.2 Å². The van der Waals surface area contributed by atoms with Crippen LogP contribution in [0, 0.1) is 5.92 Å². The minimum atomic E-state index is -0.529. The average molecular weight is 284 g/mol. The van der Waals surface area contributed by atoms with Gasteiger partial charge in [0.15, 0.2) is 0 Å². The smallest absolute Gasteiger partial charge is 0.122 e. The molecule has 0 aromatic rings. The van der Waals surface area contributed by atoms with Crippen molar-refractivity contribution in [3.05, 3.63) is 12.2 Å². The first kappa shape index (κ1) is 14.5. The van der Waals surface area contributed by atoms with Crippen LogP contribution in [0.2, 0.25) is 0 Å². The summed E-state index contributed by atoms with van der Waals surface area (Å²) in [5, 5.41) is 19.4. The maximum atomic E-state index is 10.2. The maximum absolute atomic E-state index is 10.2. The van der Waals surface area contributed by atoms with Gasteiger partial charge in [-0.3, -0.25) is 0 Å². The van der Waals surface area contributed by atoms with Crippen molar-refractivity contribution in [1.29, 1.82) is 0 Å². The molecule has 3 saturated heterocycles. The van der Waals surface area contributed by atoms with Crippen LogP contribution in [-0.4, -0.2) is 60.6 Å². The van der Waals surface area contributed by atoms with Gasteiger partial charge in [0, 0.05) is 19.6 Å². The van der Waals surface area contributed by atoms with Crippen LogP contribution < -0.4 is 0 Å². The molecule has 114 valence electrons. The highest BCUT2D eigenvalue weighted by atomic mass is 16.6. The number of ether oxygens (including phenoxy) is 3. The molecule has 0 amide bonds. The summed E-state index contributed by atoms with van der Waals surface area (Å²) in [5.74, 6) is 0.345. The quantitative estimate of drug-likeness (QED) is 0.585. The zero-order chi connectivity index (χ0) is 14.0. The van der Waals surface area contributed by atoms with E-state index in [0.29, 0.717) is 32.2 Å². The molecule has 0 saturated carbocycles. The Labute approximate surface area is 119 Å². The molecule has 1 spiro atoms. The second-order valence-corrected chi connectivity index (χ2v) is 6.10. The molecule has 3 fully saturated rings. The van der Waals surface area contributed by atoms with E-state index in [4.69, 9.17) is 14.2 Å². The Hall–Kier alpha value is -0.460. The molecule has 5 nitrogen and oxygen atoms in total. The maximum Gasteiger partial charge on any atom is 0.122 e. The van der Waals surface area contributed by atoms with Gasteiger partial charge >= 0.3 is 0 Å². The van der Waals surface area contributed by atoms with E-state index in [-0.39, 0.29) is 24.4 Å². The summed E-state index contributed by atoms with van der Waals surface area (Å²) < 4.78 is 16.7. The van der Waals surface area contributed by atoms with Gasteiger partial charge in [0.25, 0.3) is 0 Å². The molecule has 3 heterocycles. The van der Waals surface area contributed by atoms with E-state index in [1.54, 1.807) is 0 Å². The Balaban J connectivity index is 1.47. The molecule has 5 atom stereocenters. The summed E-state index contributed by atoms with van der Waals surface area (Å²) in [6.45, 7) is 2.25. The van der Waals surface area contributed by atoms with E-state index in [9.17, 15) is 10.2 Å². The molecule has 3 aliphatic rings. The van der Waals surface area contributed by atoms with E-state index >= 15 is 0 Å². The zero-order valence-electron chi connectivity index (χ0n) is 11.7. The topological polar surface area (TPSA) is 71.5 Å². The lowest BCUT2D eigenvalue weighted by atomic mass is 9.91. The van der Waals surface area contributed by atoms with Crippen molar-refractivity contribution < 1.29 is 24.4 Å². The van der Waals surface area contributed by atoms with Crippen molar-refractivity contribution in [3.63, 3.8) is 0 Å². The van der Waals surface area contributed by atoms with Gasteiger partial charge in [-0.2, -0.15) is 0 Å².